The molecule has 4 nitrogen and oxygen atoms in total. The molecule has 100 valence electrons. The molecule has 4 heteroatoms. The number of nitrogens with one attached hydrogen (secondary N) is 1. The van der Waals surface area contributed by atoms with E-state index < -0.39 is 0 Å². The molecule has 1 N–H and O–H groups in total. The van der Waals surface area contributed by atoms with Crippen LogP contribution in [0.2, 0.25) is 0 Å². The van der Waals surface area contributed by atoms with E-state index in [1.807, 2.05) is 45.0 Å². The summed E-state index contributed by atoms with van der Waals surface area (Å²) in [7, 11) is 0. The lowest BCUT2D eigenvalue weighted by molar-refractivity contribution is 0.0938. The quantitative estimate of drug-likeness (QED) is 0.917. The molecular formula is C15H18N2O2. The highest BCUT2D eigenvalue weighted by atomic mass is 16.3. The number of amides is 1. The summed E-state index contributed by atoms with van der Waals surface area (Å²) in [6, 6.07) is 9.17. The van der Waals surface area contributed by atoms with Gasteiger partial charge in [-0.25, -0.2) is 4.98 Å². The van der Waals surface area contributed by atoms with E-state index in [0.717, 1.165) is 11.5 Å². The average molecular weight is 258 g/mol. The molecule has 0 aliphatic rings. The Morgan fingerprint density at radius 2 is 2.11 bits per heavy atom. The van der Waals surface area contributed by atoms with Crippen molar-refractivity contribution in [3.8, 4) is 0 Å². The van der Waals surface area contributed by atoms with Crippen molar-refractivity contribution in [2.24, 2.45) is 0 Å². The lowest BCUT2D eigenvalue weighted by Crippen LogP contribution is -2.36. The molecule has 0 atom stereocenters. The number of furan rings is 1. The molecule has 2 rings (SSSR count). The summed E-state index contributed by atoms with van der Waals surface area (Å²) in [5.74, 6) is 0.688. The third-order valence-electron chi connectivity index (χ3n) is 3.00. The summed E-state index contributed by atoms with van der Waals surface area (Å²) in [5.41, 5.74) is 1.02. The molecule has 1 amide bonds. The van der Waals surface area contributed by atoms with Crippen LogP contribution in [0.3, 0.4) is 0 Å². The second-order valence-electron chi connectivity index (χ2n) is 5.21. The predicted molar refractivity (Wildman–Crippen MR) is 73.0 cm³/mol. The Hall–Kier alpha value is -2.10. The SMILES string of the molecule is Cc1cccc(C(=O)NCC(C)(C)c2ccco2)n1. The van der Waals surface area contributed by atoms with Crippen molar-refractivity contribution in [1.29, 1.82) is 0 Å². The number of carbonyl (C=O) groups excluding carboxylic acids is 1. The summed E-state index contributed by atoms with van der Waals surface area (Å²) < 4.78 is 5.39. The van der Waals surface area contributed by atoms with Crippen LogP contribution in [0.5, 0.6) is 0 Å². The molecular weight excluding hydrogens is 240 g/mol. The first kappa shape index (κ1) is 13.3. The van der Waals surface area contributed by atoms with Crippen molar-refractivity contribution in [1.82, 2.24) is 10.3 Å². The highest BCUT2D eigenvalue weighted by Gasteiger charge is 2.24. The lowest BCUT2D eigenvalue weighted by atomic mass is 9.90. The van der Waals surface area contributed by atoms with Gasteiger partial charge < -0.3 is 9.73 Å². The lowest BCUT2D eigenvalue weighted by Gasteiger charge is -2.22. The zero-order valence-electron chi connectivity index (χ0n) is 11.4. The maximum absolute atomic E-state index is 12.0. The molecule has 0 aliphatic carbocycles. The fraction of sp³-hybridized carbons (Fsp3) is 0.333. The van der Waals surface area contributed by atoms with E-state index in [1.54, 1.807) is 12.3 Å². The minimum atomic E-state index is -0.247. The Bertz CT molecular complexity index is 559. The van der Waals surface area contributed by atoms with Gasteiger partial charge in [-0.1, -0.05) is 19.9 Å². The Balaban J connectivity index is 2.01. The molecule has 0 saturated heterocycles. The number of nitrogens with zero attached hydrogens (tertiary/aromatic N) is 1. The summed E-state index contributed by atoms with van der Waals surface area (Å²) in [6.45, 7) is 6.41. The van der Waals surface area contributed by atoms with E-state index >= 15 is 0 Å². The van der Waals surface area contributed by atoms with Crippen molar-refractivity contribution in [3.63, 3.8) is 0 Å². The second kappa shape index (κ2) is 5.26. The number of aryl methyl sites for hydroxylation is 1. The molecule has 0 unspecified atom stereocenters. The molecule has 0 aliphatic heterocycles. The Morgan fingerprint density at radius 3 is 2.74 bits per heavy atom. The fourth-order valence-corrected chi connectivity index (χ4v) is 1.81. The van der Waals surface area contributed by atoms with Gasteiger partial charge in [0.25, 0.3) is 5.91 Å². The van der Waals surface area contributed by atoms with Gasteiger partial charge in [-0.05, 0) is 31.2 Å². The Morgan fingerprint density at radius 1 is 1.32 bits per heavy atom. The van der Waals surface area contributed by atoms with E-state index in [2.05, 4.69) is 10.3 Å². The van der Waals surface area contributed by atoms with E-state index in [1.165, 1.54) is 0 Å². The van der Waals surface area contributed by atoms with Crippen molar-refractivity contribution in [2.75, 3.05) is 6.54 Å². The van der Waals surface area contributed by atoms with Crippen LogP contribution in [0.1, 0.15) is 35.8 Å². The Kier molecular flexibility index (Phi) is 3.69. The first-order valence-electron chi connectivity index (χ1n) is 6.25. The molecule has 0 saturated carbocycles. The standard InChI is InChI=1S/C15H18N2O2/c1-11-6-4-7-12(17-11)14(18)16-10-15(2,3)13-8-5-9-19-13/h4-9H,10H2,1-3H3,(H,16,18). The first-order chi connectivity index (χ1) is 8.99. The van der Waals surface area contributed by atoms with Gasteiger partial charge in [-0.15, -0.1) is 0 Å². The van der Waals surface area contributed by atoms with Gasteiger partial charge >= 0.3 is 0 Å². The molecule has 0 radical (unpaired) electrons. The van der Waals surface area contributed by atoms with Crippen LogP contribution in [0.25, 0.3) is 0 Å². The molecule has 2 heterocycles. The topological polar surface area (TPSA) is 55.1 Å². The van der Waals surface area contributed by atoms with E-state index in [9.17, 15) is 4.79 Å². The molecule has 0 fully saturated rings. The third-order valence-corrected chi connectivity index (χ3v) is 3.00. The van der Waals surface area contributed by atoms with Crippen LogP contribution < -0.4 is 5.32 Å². The molecule has 0 spiro atoms. The molecule has 19 heavy (non-hydrogen) atoms. The number of pyridine rings is 1. The average Bonchev–Trinajstić information content (AvgIpc) is 2.90. The molecule has 0 aromatic carbocycles. The van der Waals surface area contributed by atoms with E-state index in [-0.39, 0.29) is 11.3 Å². The number of hydrogen-bond acceptors (Lipinski definition) is 3. The first-order valence-corrected chi connectivity index (χ1v) is 6.25. The van der Waals surface area contributed by atoms with Gasteiger partial charge in [0.05, 0.1) is 6.26 Å². The highest BCUT2D eigenvalue weighted by Crippen LogP contribution is 2.22. The second-order valence-corrected chi connectivity index (χ2v) is 5.21. The molecule has 2 aromatic rings. The summed E-state index contributed by atoms with van der Waals surface area (Å²) in [4.78, 5) is 16.2. The summed E-state index contributed by atoms with van der Waals surface area (Å²) >= 11 is 0. The van der Waals surface area contributed by atoms with Crippen LogP contribution >= 0.6 is 0 Å². The zero-order chi connectivity index (χ0) is 13.9. The highest BCUT2D eigenvalue weighted by molar-refractivity contribution is 5.92. The van der Waals surface area contributed by atoms with E-state index in [0.29, 0.717) is 12.2 Å². The summed E-state index contributed by atoms with van der Waals surface area (Å²) in [5, 5.41) is 2.89. The third kappa shape index (κ3) is 3.22. The number of rotatable bonds is 4. The minimum absolute atomic E-state index is 0.164. The van der Waals surface area contributed by atoms with Crippen LogP contribution in [0, 0.1) is 6.92 Å². The van der Waals surface area contributed by atoms with Gasteiger partial charge in [0, 0.05) is 17.7 Å². The molecule has 0 bridgehead atoms. The van der Waals surface area contributed by atoms with Gasteiger partial charge in [0.1, 0.15) is 11.5 Å². The predicted octanol–water partition coefficient (Wildman–Crippen LogP) is 2.69. The maximum Gasteiger partial charge on any atom is 0.269 e. The minimum Gasteiger partial charge on any atom is -0.469 e. The van der Waals surface area contributed by atoms with Crippen LogP contribution in [0.4, 0.5) is 0 Å². The van der Waals surface area contributed by atoms with Gasteiger partial charge in [-0.3, -0.25) is 4.79 Å². The number of carbonyl (C=O) groups is 1. The molecule has 2 aromatic heterocycles. The smallest absolute Gasteiger partial charge is 0.269 e. The van der Waals surface area contributed by atoms with Crippen LogP contribution in [0.15, 0.2) is 41.0 Å². The van der Waals surface area contributed by atoms with Crippen LogP contribution in [-0.4, -0.2) is 17.4 Å². The largest absolute Gasteiger partial charge is 0.469 e. The van der Waals surface area contributed by atoms with Crippen molar-refractivity contribution in [2.45, 2.75) is 26.2 Å². The summed E-state index contributed by atoms with van der Waals surface area (Å²) in [6.07, 6.45) is 1.64. The van der Waals surface area contributed by atoms with Crippen molar-refractivity contribution in [3.05, 3.63) is 53.7 Å². The maximum atomic E-state index is 12.0. The number of hydrogen-bond donors (Lipinski definition) is 1. The van der Waals surface area contributed by atoms with E-state index in [4.69, 9.17) is 4.42 Å². The van der Waals surface area contributed by atoms with Gasteiger partial charge in [0.15, 0.2) is 0 Å². The monoisotopic (exact) mass is 258 g/mol. The van der Waals surface area contributed by atoms with Gasteiger partial charge in [-0.2, -0.15) is 0 Å². The zero-order valence-corrected chi connectivity index (χ0v) is 11.4. The normalized spacial score (nSPS) is 11.3. The van der Waals surface area contributed by atoms with Crippen molar-refractivity contribution < 1.29 is 9.21 Å². The Labute approximate surface area is 112 Å². The fourth-order valence-electron chi connectivity index (χ4n) is 1.81. The van der Waals surface area contributed by atoms with Crippen molar-refractivity contribution >= 4 is 5.91 Å². The van der Waals surface area contributed by atoms with Gasteiger partial charge in [0.2, 0.25) is 0 Å². The van der Waals surface area contributed by atoms with Crippen LogP contribution in [-0.2, 0) is 5.41 Å². The number of aromatic nitrogens is 1.